The minimum Gasteiger partial charge on any atom is -0.349 e. The summed E-state index contributed by atoms with van der Waals surface area (Å²) in [6.07, 6.45) is 11.2. The highest BCUT2D eigenvalue weighted by Gasteiger charge is 2.47. The Hall–Kier alpha value is -3.08. The van der Waals surface area contributed by atoms with Gasteiger partial charge in [0.25, 0.3) is 0 Å². The van der Waals surface area contributed by atoms with E-state index in [1.807, 2.05) is 44.2 Å². The first-order chi connectivity index (χ1) is 15.9. The number of fused-ring (bicyclic) bond motifs is 1. The van der Waals surface area contributed by atoms with Gasteiger partial charge in [0.05, 0.1) is 17.9 Å². The molecule has 2 N–H and O–H groups in total. The number of aromatic nitrogens is 1. The van der Waals surface area contributed by atoms with Gasteiger partial charge in [-0.15, -0.1) is 0 Å². The Balaban J connectivity index is 1.61. The van der Waals surface area contributed by atoms with E-state index in [-0.39, 0.29) is 29.2 Å². The number of rotatable bonds is 7. The second-order valence-corrected chi connectivity index (χ2v) is 9.91. The van der Waals surface area contributed by atoms with E-state index in [9.17, 15) is 4.79 Å². The predicted octanol–water partition coefficient (Wildman–Crippen LogP) is 6.07. The highest BCUT2D eigenvalue weighted by molar-refractivity contribution is 6.07. The van der Waals surface area contributed by atoms with Gasteiger partial charge in [0.15, 0.2) is 0 Å². The van der Waals surface area contributed by atoms with Gasteiger partial charge in [-0.1, -0.05) is 56.7 Å². The van der Waals surface area contributed by atoms with Gasteiger partial charge in [-0.3, -0.25) is 14.8 Å². The average molecular weight is 443 g/mol. The fraction of sp³-hybridized carbons (Fsp3) is 0.429. The molecule has 1 amide bonds. The number of hydrogen-bond donors (Lipinski definition) is 2. The Morgan fingerprint density at radius 1 is 1.27 bits per heavy atom. The molecule has 0 bridgehead atoms. The zero-order valence-corrected chi connectivity index (χ0v) is 19.8. The van der Waals surface area contributed by atoms with E-state index in [2.05, 4.69) is 35.4 Å². The van der Waals surface area contributed by atoms with Crippen molar-refractivity contribution in [1.82, 2.24) is 10.3 Å². The molecule has 0 aliphatic heterocycles. The molecule has 172 valence electrons. The maximum atomic E-state index is 12.6. The first kappa shape index (κ1) is 23.1. The normalized spacial score (nSPS) is 26.5. The number of benzene rings is 1. The molecule has 2 aliphatic carbocycles. The van der Waals surface area contributed by atoms with Crippen LogP contribution in [0.2, 0.25) is 0 Å². The molecular formula is C28H34N4O. The molecule has 2 aromatic rings. The number of pyridine rings is 1. The van der Waals surface area contributed by atoms with Gasteiger partial charge in [-0.2, -0.15) is 0 Å². The van der Waals surface area contributed by atoms with Crippen LogP contribution >= 0.6 is 0 Å². The van der Waals surface area contributed by atoms with Gasteiger partial charge in [0.2, 0.25) is 5.91 Å². The molecule has 1 aromatic heterocycles. The second kappa shape index (κ2) is 9.82. The largest absolute Gasteiger partial charge is 0.349 e. The first-order valence-electron chi connectivity index (χ1n) is 12.0. The summed E-state index contributed by atoms with van der Waals surface area (Å²) < 4.78 is 0. The average Bonchev–Trinajstić information content (AvgIpc) is 3.14. The highest BCUT2D eigenvalue weighted by Crippen LogP contribution is 2.56. The van der Waals surface area contributed by atoms with Crippen LogP contribution in [0.1, 0.15) is 58.1 Å². The number of nitrogens with zero attached hydrogens (tertiary/aromatic N) is 2. The van der Waals surface area contributed by atoms with Crippen LogP contribution in [-0.4, -0.2) is 22.8 Å². The van der Waals surface area contributed by atoms with Crippen LogP contribution in [0, 0.1) is 28.6 Å². The van der Waals surface area contributed by atoms with Crippen molar-refractivity contribution in [2.75, 3.05) is 0 Å². The summed E-state index contributed by atoms with van der Waals surface area (Å²) in [7, 11) is 0. The fourth-order valence-electron chi connectivity index (χ4n) is 5.37. The monoisotopic (exact) mass is 442 g/mol. The molecule has 1 saturated carbocycles. The molecular weight excluding hydrogens is 408 g/mol. The van der Waals surface area contributed by atoms with E-state index < -0.39 is 0 Å². The zero-order chi connectivity index (χ0) is 23.4. The third-order valence-corrected chi connectivity index (χ3v) is 7.41. The Morgan fingerprint density at radius 3 is 2.73 bits per heavy atom. The van der Waals surface area contributed by atoms with Crippen molar-refractivity contribution >= 4 is 23.5 Å². The summed E-state index contributed by atoms with van der Waals surface area (Å²) in [5.74, 6) is 0.465. The van der Waals surface area contributed by atoms with Gasteiger partial charge < -0.3 is 10.7 Å². The van der Waals surface area contributed by atoms with E-state index in [1.165, 1.54) is 5.57 Å². The van der Waals surface area contributed by atoms with Gasteiger partial charge in [0.1, 0.15) is 0 Å². The SMILES string of the molecule is CC(C)C(=O)NC(CC1CCC2=CC(=Nc3cccnc3)C(C=N)CC21C)c1ccccc1. The summed E-state index contributed by atoms with van der Waals surface area (Å²) >= 11 is 0. The molecule has 5 heteroatoms. The lowest BCUT2D eigenvalue weighted by Crippen LogP contribution is -2.38. The van der Waals surface area contributed by atoms with Crippen molar-refractivity contribution < 1.29 is 4.79 Å². The van der Waals surface area contributed by atoms with Crippen LogP contribution in [0.3, 0.4) is 0 Å². The molecule has 1 heterocycles. The third kappa shape index (κ3) is 4.97. The van der Waals surface area contributed by atoms with Crippen molar-refractivity contribution in [3.63, 3.8) is 0 Å². The number of allylic oxidation sites excluding steroid dienone is 2. The van der Waals surface area contributed by atoms with Crippen LogP contribution in [0.5, 0.6) is 0 Å². The molecule has 0 spiro atoms. The van der Waals surface area contributed by atoms with Gasteiger partial charge >= 0.3 is 0 Å². The summed E-state index contributed by atoms with van der Waals surface area (Å²) in [4.78, 5) is 21.6. The third-order valence-electron chi connectivity index (χ3n) is 7.41. The first-order valence-corrected chi connectivity index (χ1v) is 12.0. The lowest BCUT2D eigenvalue weighted by atomic mass is 9.65. The number of carbonyl (C=O) groups is 1. The minimum atomic E-state index is -0.0472. The van der Waals surface area contributed by atoms with Crippen LogP contribution < -0.4 is 5.32 Å². The quantitative estimate of drug-likeness (QED) is 0.511. The number of hydrogen-bond acceptors (Lipinski definition) is 4. The predicted molar refractivity (Wildman–Crippen MR) is 134 cm³/mol. The van der Waals surface area contributed by atoms with Crippen LogP contribution in [0.25, 0.3) is 0 Å². The van der Waals surface area contributed by atoms with E-state index in [1.54, 1.807) is 18.6 Å². The van der Waals surface area contributed by atoms with Crippen LogP contribution in [-0.2, 0) is 4.79 Å². The summed E-state index contributed by atoms with van der Waals surface area (Å²) in [5.41, 5.74) is 4.38. The lowest BCUT2D eigenvalue weighted by molar-refractivity contribution is -0.124. The molecule has 4 rings (SSSR count). The Labute approximate surface area is 197 Å². The van der Waals surface area contributed by atoms with E-state index in [4.69, 9.17) is 10.4 Å². The van der Waals surface area contributed by atoms with Crippen molar-refractivity contribution in [2.45, 2.75) is 52.5 Å². The van der Waals surface area contributed by atoms with E-state index in [0.29, 0.717) is 5.92 Å². The number of aliphatic imine (C=N–C) groups is 1. The number of carbonyl (C=O) groups excluding carboxylic acids is 1. The summed E-state index contributed by atoms with van der Waals surface area (Å²) in [5, 5.41) is 11.4. The maximum absolute atomic E-state index is 12.6. The summed E-state index contributed by atoms with van der Waals surface area (Å²) in [6.45, 7) is 6.22. The van der Waals surface area contributed by atoms with Crippen molar-refractivity contribution in [3.8, 4) is 0 Å². The Morgan fingerprint density at radius 2 is 2.06 bits per heavy atom. The Kier molecular flexibility index (Phi) is 6.87. The van der Waals surface area contributed by atoms with E-state index in [0.717, 1.165) is 42.6 Å². The molecule has 4 atom stereocenters. The minimum absolute atomic E-state index is 0.00572. The molecule has 2 aliphatic rings. The van der Waals surface area contributed by atoms with E-state index >= 15 is 0 Å². The second-order valence-electron chi connectivity index (χ2n) is 9.91. The fourth-order valence-corrected chi connectivity index (χ4v) is 5.37. The topological polar surface area (TPSA) is 78.2 Å². The zero-order valence-electron chi connectivity index (χ0n) is 19.8. The van der Waals surface area contributed by atoms with Crippen molar-refractivity contribution in [2.24, 2.45) is 28.2 Å². The van der Waals surface area contributed by atoms with Gasteiger partial charge in [0, 0.05) is 30.0 Å². The lowest BCUT2D eigenvalue weighted by Gasteiger charge is -2.40. The van der Waals surface area contributed by atoms with Crippen molar-refractivity contribution in [1.29, 1.82) is 5.41 Å². The van der Waals surface area contributed by atoms with Crippen LogP contribution in [0.4, 0.5) is 5.69 Å². The highest BCUT2D eigenvalue weighted by atomic mass is 16.1. The standard InChI is InChI=1S/C28H34N4O/c1-19(2)27(33)32-25(20-8-5-4-6-9-20)14-22-11-12-23-15-26(21(17-29)16-28(22,23)3)31-24-10-7-13-30-18-24/h4-10,13,15,17-19,21-22,25,29H,11-12,14,16H2,1-3H3,(H,32,33). The van der Waals surface area contributed by atoms with Gasteiger partial charge in [-0.25, -0.2) is 0 Å². The molecule has 4 unspecified atom stereocenters. The number of nitrogens with one attached hydrogen (secondary N) is 2. The number of amides is 1. The van der Waals surface area contributed by atoms with Crippen LogP contribution in [0.15, 0.2) is 71.5 Å². The smallest absolute Gasteiger partial charge is 0.223 e. The van der Waals surface area contributed by atoms with Gasteiger partial charge in [-0.05, 0) is 60.8 Å². The molecule has 5 nitrogen and oxygen atoms in total. The maximum Gasteiger partial charge on any atom is 0.223 e. The van der Waals surface area contributed by atoms with Crippen molar-refractivity contribution in [3.05, 3.63) is 72.1 Å². The molecule has 1 fully saturated rings. The molecule has 0 radical (unpaired) electrons. The summed E-state index contributed by atoms with van der Waals surface area (Å²) in [6, 6.07) is 14.1. The molecule has 0 saturated heterocycles. The molecule has 1 aromatic carbocycles. The molecule has 33 heavy (non-hydrogen) atoms. The Bertz CT molecular complexity index is 1040.